The molecule has 0 spiro atoms. The van der Waals surface area contributed by atoms with E-state index >= 15 is 0 Å². The third-order valence-corrected chi connectivity index (χ3v) is 19.4. The summed E-state index contributed by atoms with van der Waals surface area (Å²) in [6, 6.07) is 87.2. The Bertz CT molecular complexity index is 5530. The van der Waals surface area contributed by atoms with E-state index in [-0.39, 0.29) is 21.7 Å². The molecule has 16 rings (SSSR count). The van der Waals surface area contributed by atoms with Crippen LogP contribution in [0.4, 0.5) is 0 Å². The maximum atomic E-state index is 7.09. The molecule has 0 saturated heterocycles. The Hall–Kier alpha value is -10.6. The summed E-state index contributed by atoms with van der Waals surface area (Å²) in [6.07, 6.45) is 6.08. The van der Waals surface area contributed by atoms with Crippen molar-refractivity contribution in [1.29, 1.82) is 0 Å². The minimum atomic E-state index is -0.0614. The Balaban J connectivity index is 0.955. The predicted molar refractivity (Wildman–Crippen MR) is 391 cm³/mol. The number of imidazole rings is 1. The van der Waals surface area contributed by atoms with Crippen LogP contribution in [0.15, 0.2) is 247 Å². The molecule has 11 aromatic carbocycles. The molecule has 0 saturated carbocycles. The monoisotopic (exact) mass is 1220 g/mol. The number of benzene rings is 11. The first-order chi connectivity index (χ1) is 45.1. The molecular formula is C88H76N4O2. The first kappa shape index (κ1) is 58.5. The van der Waals surface area contributed by atoms with E-state index in [9.17, 15) is 0 Å². The van der Waals surface area contributed by atoms with E-state index in [1.54, 1.807) is 0 Å². The number of aromatic nitrogens is 4. The molecule has 0 N–H and O–H groups in total. The van der Waals surface area contributed by atoms with Crippen molar-refractivity contribution in [3.8, 4) is 95.5 Å². The van der Waals surface area contributed by atoms with Gasteiger partial charge in [0.1, 0.15) is 28.5 Å². The molecule has 0 aliphatic carbocycles. The van der Waals surface area contributed by atoms with Gasteiger partial charge in [0.15, 0.2) is 0 Å². The Morgan fingerprint density at radius 1 is 0.362 bits per heavy atom. The van der Waals surface area contributed by atoms with E-state index in [4.69, 9.17) is 14.1 Å². The van der Waals surface area contributed by atoms with Gasteiger partial charge in [0.2, 0.25) is 0 Å². The van der Waals surface area contributed by atoms with Gasteiger partial charge in [0.25, 0.3) is 6.33 Å². The van der Waals surface area contributed by atoms with Crippen LogP contribution >= 0.6 is 0 Å². The lowest BCUT2D eigenvalue weighted by molar-refractivity contribution is -0.570. The van der Waals surface area contributed by atoms with E-state index in [1.165, 1.54) is 33.4 Å². The molecule has 15 aromatic rings. The Morgan fingerprint density at radius 2 is 0.947 bits per heavy atom. The fourth-order valence-corrected chi connectivity index (χ4v) is 14.1. The molecule has 4 aromatic heterocycles. The summed E-state index contributed by atoms with van der Waals surface area (Å²) >= 11 is 0. The van der Waals surface area contributed by atoms with Gasteiger partial charge in [0.05, 0.1) is 33.4 Å². The van der Waals surface area contributed by atoms with E-state index in [1.807, 2.05) is 12.3 Å². The summed E-state index contributed by atoms with van der Waals surface area (Å²) in [5.74, 6) is 2.29. The normalized spacial score (nSPS) is 12.7. The van der Waals surface area contributed by atoms with Gasteiger partial charge in [-0.25, -0.2) is 4.98 Å². The van der Waals surface area contributed by atoms with Crippen molar-refractivity contribution in [1.82, 2.24) is 14.1 Å². The SMILES string of the molecule is CC(C)(C)c1ccc(-c2cccc3c2-[n+]2[c-]n(-c4cccc(Oc5ccc6c7ccccc7n(-c7cc(C(C)(C)C)ccn7)c6c5)c4)c4cc(-c5ccc6oc7ccccc7c6c5)cc(c42)-c2ccccc2-c2ccc(-c4cc(C(C)(C)C)cc(C(C)(C)C)c4)cc2-3)cc1. The quantitative estimate of drug-likeness (QED) is 0.118. The standard InChI is InChI=1S/C88H76N4O2/c1-85(2,3)59-35-31-54(32-36-59)66-27-20-28-73-74-45-55(57-43-61(87(7,8)9)49-62(44-57)88(10,11)12)33-38-69(74)67-23-13-14-24-68(67)76-47-58(56-34-40-81-75(46-56)72-26-16-18-30-80(72)94-81)48-79-84(76)91(83(66)73)53-90(79)63-21-19-22-64(51-63)93-65-37-39-71-70-25-15-17-29-77(70)92(78(71)52-65)82-50-60(41-42-89-82)86(4,5)6/h13-52H,1-12H3. The number of ether oxygens (including phenoxy) is 1. The van der Waals surface area contributed by atoms with Crippen molar-refractivity contribution in [3.05, 3.63) is 271 Å². The zero-order valence-electron chi connectivity index (χ0n) is 55.7. The van der Waals surface area contributed by atoms with Gasteiger partial charge in [0, 0.05) is 33.8 Å². The maximum Gasteiger partial charge on any atom is 0.269 e. The number of fused-ring (bicyclic) bond motifs is 13. The number of rotatable bonds is 7. The fraction of sp³-hybridized carbons (Fsp3) is 0.182. The molecule has 0 amide bonds. The van der Waals surface area contributed by atoms with Crippen LogP contribution in [0.25, 0.3) is 139 Å². The highest BCUT2D eigenvalue weighted by Crippen LogP contribution is 2.49. The smallest absolute Gasteiger partial charge is 0.269 e. The molecule has 460 valence electrons. The van der Waals surface area contributed by atoms with Crippen LogP contribution in [-0.4, -0.2) is 14.1 Å². The molecule has 94 heavy (non-hydrogen) atoms. The van der Waals surface area contributed by atoms with Crippen molar-refractivity contribution in [2.45, 2.75) is 105 Å². The second kappa shape index (κ2) is 21.5. The summed E-state index contributed by atoms with van der Waals surface area (Å²) in [4.78, 5) is 4.98. The number of para-hydroxylation sites is 3. The molecule has 0 atom stereocenters. The lowest BCUT2D eigenvalue weighted by Gasteiger charge is -2.26. The van der Waals surface area contributed by atoms with E-state index in [0.29, 0.717) is 5.75 Å². The van der Waals surface area contributed by atoms with Crippen LogP contribution in [0, 0.1) is 6.33 Å². The van der Waals surface area contributed by atoms with Crippen LogP contribution in [-0.2, 0) is 21.7 Å². The maximum absolute atomic E-state index is 7.09. The third kappa shape index (κ3) is 10.0. The number of hydrogen-bond acceptors (Lipinski definition) is 3. The summed E-state index contributed by atoms with van der Waals surface area (Å²) in [5.41, 5.74) is 26.2. The zero-order valence-corrected chi connectivity index (χ0v) is 55.7. The molecular weight excluding hydrogens is 1140 g/mol. The van der Waals surface area contributed by atoms with E-state index < -0.39 is 0 Å². The number of pyridine rings is 1. The number of nitrogens with zero attached hydrogens (tertiary/aromatic N) is 4. The van der Waals surface area contributed by atoms with Crippen LogP contribution in [0.3, 0.4) is 0 Å². The fourth-order valence-electron chi connectivity index (χ4n) is 14.1. The predicted octanol–water partition coefficient (Wildman–Crippen LogP) is 23.4. The highest BCUT2D eigenvalue weighted by molar-refractivity contribution is 6.10. The van der Waals surface area contributed by atoms with Crippen LogP contribution < -0.4 is 9.30 Å². The van der Waals surface area contributed by atoms with Gasteiger partial charge in [-0.2, -0.15) is 0 Å². The average Bonchev–Trinajstić information content (AvgIpc) is 1.53. The van der Waals surface area contributed by atoms with Crippen molar-refractivity contribution >= 4 is 54.8 Å². The summed E-state index contributed by atoms with van der Waals surface area (Å²) < 4.78 is 20.5. The van der Waals surface area contributed by atoms with Crippen LogP contribution in [0.2, 0.25) is 0 Å². The van der Waals surface area contributed by atoms with Crippen LogP contribution in [0.1, 0.15) is 105 Å². The van der Waals surface area contributed by atoms with Crippen molar-refractivity contribution < 1.29 is 13.7 Å². The topological polar surface area (TPSA) is 49.0 Å². The number of hydrogen-bond donors (Lipinski definition) is 0. The van der Waals surface area contributed by atoms with Gasteiger partial charge < -0.3 is 9.15 Å². The Labute approximate surface area is 551 Å². The van der Waals surface area contributed by atoms with Gasteiger partial charge >= 0.3 is 0 Å². The van der Waals surface area contributed by atoms with Gasteiger partial charge in [-0.15, -0.1) is 0 Å². The third-order valence-electron chi connectivity index (χ3n) is 19.4. The molecule has 1 aliphatic heterocycles. The molecule has 6 heteroatoms. The van der Waals surface area contributed by atoms with Crippen molar-refractivity contribution in [2.75, 3.05) is 0 Å². The summed E-state index contributed by atoms with van der Waals surface area (Å²) in [6.45, 7) is 27.5. The second-order valence-electron chi connectivity index (χ2n) is 29.9. The lowest BCUT2D eigenvalue weighted by Crippen LogP contribution is -2.32. The Morgan fingerprint density at radius 3 is 1.70 bits per heavy atom. The minimum Gasteiger partial charge on any atom is -0.458 e. The average molecular weight is 1220 g/mol. The molecule has 0 bridgehead atoms. The van der Waals surface area contributed by atoms with E-state index in [2.05, 4.69) is 334 Å². The van der Waals surface area contributed by atoms with Gasteiger partial charge in [-0.3, -0.25) is 13.7 Å². The largest absolute Gasteiger partial charge is 0.458 e. The lowest BCUT2D eigenvalue weighted by atomic mass is 9.78. The van der Waals surface area contributed by atoms with Gasteiger partial charge in [-0.05, 0) is 190 Å². The summed E-state index contributed by atoms with van der Waals surface area (Å²) in [5, 5.41) is 4.46. The molecule has 5 heterocycles. The van der Waals surface area contributed by atoms with Crippen LogP contribution in [0.5, 0.6) is 11.5 Å². The van der Waals surface area contributed by atoms with Crippen molar-refractivity contribution in [3.63, 3.8) is 0 Å². The molecule has 0 radical (unpaired) electrons. The molecule has 0 unspecified atom stereocenters. The first-order valence-electron chi connectivity index (χ1n) is 33.0. The summed E-state index contributed by atoms with van der Waals surface area (Å²) in [7, 11) is 0. The van der Waals surface area contributed by atoms with Crippen molar-refractivity contribution in [2.24, 2.45) is 0 Å². The second-order valence-corrected chi connectivity index (χ2v) is 29.9. The molecule has 0 fully saturated rings. The van der Waals surface area contributed by atoms with E-state index in [0.717, 1.165) is 133 Å². The first-order valence-corrected chi connectivity index (χ1v) is 33.0. The highest BCUT2D eigenvalue weighted by Gasteiger charge is 2.30. The minimum absolute atomic E-state index is 0.0286. The molecule has 1 aliphatic rings. The zero-order chi connectivity index (χ0) is 64.7. The Kier molecular flexibility index (Phi) is 13.4. The van der Waals surface area contributed by atoms with Gasteiger partial charge in [-0.1, -0.05) is 235 Å². The number of furan rings is 1. The highest BCUT2D eigenvalue weighted by atomic mass is 16.5. The molecule has 6 nitrogen and oxygen atoms in total.